The van der Waals surface area contributed by atoms with Gasteiger partial charge in [0.15, 0.2) is 0 Å². The minimum atomic E-state index is -0.0422. The van der Waals surface area contributed by atoms with Crippen LogP contribution in [0.1, 0.15) is 57.1 Å². The molecule has 4 heteroatoms. The van der Waals surface area contributed by atoms with Gasteiger partial charge in [-0.25, -0.2) is 5.43 Å². The minimum absolute atomic E-state index is 0.0422. The Morgan fingerprint density at radius 2 is 2.00 bits per heavy atom. The maximum Gasteiger partial charge on any atom is 0.240 e. The van der Waals surface area contributed by atoms with E-state index >= 15 is 0 Å². The van der Waals surface area contributed by atoms with Gasteiger partial charge in [-0.3, -0.25) is 4.79 Å². The standard InChI is InChI=1S/C16H24N2O2/c1-2-3-4-5-6-7-8-9-12-16(19)18-17-14-15-11-10-13-20-15/h2,10-11,13-14H,1,3-9,12H2,(H,18,19). The van der Waals surface area contributed by atoms with Crippen molar-refractivity contribution in [1.82, 2.24) is 5.43 Å². The van der Waals surface area contributed by atoms with Gasteiger partial charge in [-0.05, 0) is 31.4 Å². The highest BCUT2D eigenvalue weighted by Gasteiger charge is 1.99. The zero-order valence-electron chi connectivity index (χ0n) is 12.0. The van der Waals surface area contributed by atoms with Gasteiger partial charge in [-0.1, -0.05) is 31.8 Å². The Kier molecular flexibility index (Phi) is 8.94. The molecule has 1 aromatic rings. The van der Waals surface area contributed by atoms with Gasteiger partial charge in [-0.2, -0.15) is 5.10 Å². The number of hydrogen-bond acceptors (Lipinski definition) is 3. The van der Waals surface area contributed by atoms with E-state index in [1.807, 2.05) is 6.08 Å². The molecule has 1 rings (SSSR count). The van der Waals surface area contributed by atoms with Gasteiger partial charge in [0.2, 0.25) is 5.91 Å². The Morgan fingerprint density at radius 1 is 1.25 bits per heavy atom. The van der Waals surface area contributed by atoms with E-state index in [4.69, 9.17) is 4.42 Å². The Bertz CT molecular complexity index is 397. The van der Waals surface area contributed by atoms with Gasteiger partial charge in [0.25, 0.3) is 0 Å². The van der Waals surface area contributed by atoms with Crippen molar-refractivity contribution in [3.63, 3.8) is 0 Å². The van der Waals surface area contributed by atoms with E-state index in [1.54, 1.807) is 18.4 Å². The van der Waals surface area contributed by atoms with E-state index in [0.717, 1.165) is 19.3 Å². The number of nitrogens with zero attached hydrogens (tertiary/aromatic N) is 1. The van der Waals surface area contributed by atoms with Crippen molar-refractivity contribution in [2.24, 2.45) is 5.10 Å². The number of nitrogens with one attached hydrogen (secondary N) is 1. The number of carbonyl (C=O) groups is 1. The fourth-order valence-electron chi connectivity index (χ4n) is 1.87. The summed E-state index contributed by atoms with van der Waals surface area (Å²) in [5.41, 5.74) is 2.50. The summed E-state index contributed by atoms with van der Waals surface area (Å²) in [6.07, 6.45) is 13.6. The Hall–Kier alpha value is -1.84. The molecule has 1 heterocycles. The monoisotopic (exact) mass is 276 g/mol. The summed E-state index contributed by atoms with van der Waals surface area (Å²) in [5, 5.41) is 3.83. The van der Waals surface area contributed by atoms with Crippen molar-refractivity contribution in [1.29, 1.82) is 0 Å². The predicted molar refractivity (Wildman–Crippen MR) is 81.6 cm³/mol. The number of rotatable bonds is 11. The van der Waals surface area contributed by atoms with Gasteiger partial charge in [0.05, 0.1) is 12.5 Å². The molecule has 1 N–H and O–H groups in total. The van der Waals surface area contributed by atoms with Gasteiger partial charge in [-0.15, -0.1) is 6.58 Å². The summed E-state index contributed by atoms with van der Waals surface area (Å²) in [4.78, 5) is 11.5. The molecule has 1 amide bonds. The highest BCUT2D eigenvalue weighted by Crippen LogP contribution is 2.08. The molecule has 0 radical (unpaired) electrons. The van der Waals surface area contributed by atoms with Gasteiger partial charge in [0, 0.05) is 6.42 Å². The Balaban J connectivity index is 1.94. The van der Waals surface area contributed by atoms with Crippen molar-refractivity contribution >= 4 is 12.1 Å². The Morgan fingerprint density at radius 3 is 2.70 bits per heavy atom. The summed E-state index contributed by atoms with van der Waals surface area (Å²) < 4.78 is 5.06. The summed E-state index contributed by atoms with van der Waals surface area (Å²) in [6, 6.07) is 3.56. The molecule has 20 heavy (non-hydrogen) atoms. The molecule has 0 aliphatic heterocycles. The molecule has 4 nitrogen and oxygen atoms in total. The number of unbranched alkanes of at least 4 members (excludes halogenated alkanes) is 6. The quantitative estimate of drug-likeness (QED) is 0.287. The lowest BCUT2D eigenvalue weighted by Crippen LogP contribution is -2.16. The first-order valence-corrected chi connectivity index (χ1v) is 7.29. The second-order valence-corrected chi connectivity index (χ2v) is 4.76. The maximum absolute atomic E-state index is 11.5. The van der Waals surface area contributed by atoms with Crippen LogP contribution in [0.15, 0.2) is 40.6 Å². The van der Waals surface area contributed by atoms with E-state index in [-0.39, 0.29) is 5.91 Å². The molecule has 0 fully saturated rings. The van der Waals surface area contributed by atoms with Crippen LogP contribution in [0.4, 0.5) is 0 Å². The lowest BCUT2D eigenvalue weighted by Gasteiger charge is -2.01. The van der Waals surface area contributed by atoms with Crippen LogP contribution in [0.5, 0.6) is 0 Å². The first kappa shape index (κ1) is 16.2. The van der Waals surface area contributed by atoms with E-state index < -0.39 is 0 Å². The molecule has 0 spiro atoms. The lowest BCUT2D eigenvalue weighted by molar-refractivity contribution is -0.121. The van der Waals surface area contributed by atoms with Crippen LogP contribution in [0.3, 0.4) is 0 Å². The van der Waals surface area contributed by atoms with E-state index in [0.29, 0.717) is 12.2 Å². The minimum Gasteiger partial charge on any atom is -0.463 e. The summed E-state index contributed by atoms with van der Waals surface area (Å²) in [5.74, 6) is 0.587. The molecule has 0 unspecified atom stereocenters. The van der Waals surface area contributed by atoms with Crippen molar-refractivity contribution in [2.45, 2.75) is 51.4 Å². The molecule has 110 valence electrons. The topological polar surface area (TPSA) is 54.6 Å². The normalized spacial score (nSPS) is 10.8. The Labute approximate surface area is 120 Å². The fourth-order valence-corrected chi connectivity index (χ4v) is 1.87. The average molecular weight is 276 g/mol. The van der Waals surface area contributed by atoms with Crippen molar-refractivity contribution in [3.8, 4) is 0 Å². The van der Waals surface area contributed by atoms with Crippen molar-refractivity contribution < 1.29 is 9.21 Å². The molecule has 0 saturated carbocycles. The molecule has 0 atom stereocenters. The second kappa shape index (κ2) is 11.0. The zero-order valence-corrected chi connectivity index (χ0v) is 12.0. The second-order valence-electron chi connectivity index (χ2n) is 4.76. The number of hydrogen-bond donors (Lipinski definition) is 1. The number of furan rings is 1. The SMILES string of the molecule is C=CCCCCCCCCC(=O)NN=Cc1ccco1. The third-order valence-corrected chi connectivity index (χ3v) is 2.99. The zero-order chi connectivity index (χ0) is 14.5. The third kappa shape index (κ3) is 8.29. The maximum atomic E-state index is 11.5. The van der Waals surface area contributed by atoms with Crippen LogP contribution in [-0.2, 0) is 4.79 Å². The van der Waals surface area contributed by atoms with E-state index in [9.17, 15) is 4.79 Å². The van der Waals surface area contributed by atoms with Crippen LogP contribution in [0, 0.1) is 0 Å². The van der Waals surface area contributed by atoms with Crippen molar-refractivity contribution in [3.05, 3.63) is 36.8 Å². The largest absolute Gasteiger partial charge is 0.463 e. The average Bonchev–Trinajstić information content (AvgIpc) is 2.95. The smallest absolute Gasteiger partial charge is 0.240 e. The highest BCUT2D eigenvalue weighted by atomic mass is 16.3. The number of amides is 1. The molecule has 0 aromatic carbocycles. The van der Waals surface area contributed by atoms with Crippen LogP contribution in [0.2, 0.25) is 0 Å². The number of allylic oxidation sites excluding steroid dienone is 1. The molecule has 0 bridgehead atoms. The first-order valence-electron chi connectivity index (χ1n) is 7.29. The molecular weight excluding hydrogens is 252 g/mol. The summed E-state index contributed by atoms with van der Waals surface area (Å²) >= 11 is 0. The third-order valence-electron chi connectivity index (χ3n) is 2.99. The lowest BCUT2D eigenvalue weighted by atomic mass is 10.1. The van der Waals surface area contributed by atoms with Gasteiger partial charge in [0.1, 0.15) is 5.76 Å². The fraction of sp³-hybridized carbons (Fsp3) is 0.500. The van der Waals surface area contributed by atoms with Crippen LogP contribution in [0.25, 0.3) is 0 Å². The van der Waals surface area contributed by atoms with Crippen LogP contribution in [-0.4, -0.2) is 12.1 Å². The highest BCUT2D eigenvalue weighted by molar-refractivity contribution is 5.80. The molecule has 0 saturated heterocycles. The summed E-state index contributed by atoms with van der Waals surface area (Å²) in [7, 11) is 0. The van der Waals surface area contributed by atoms with Gasteiger partial charge >= 0.3 is 0 Å². The number of carbonyl (C=O) groups excluding carboxylic acids is 1. The van der Waals surface area contributed by atoms with E-state index in [1.165, 1.54) is 31.9 Å². The van der Waals surface area contributed by atoms with Crippen LogP contribution < -0.4 is 5.43 Å². The van der Waals surface area contributed by atoms with E-state index in [2.05, 4.69) is 17.1 Å². The summed E-state index contributed by atoms with van der Waals surface area (Å²) in [6.45, 7) is 3.71. The van der Waals surface area contributed by atoms with Crippen LogP contribution >= 0.6 is 0 Å². The molecule has 1 aromatic heterocycles. The van der Waals surface area contributed by atoms with Gasteiger partial charge < -0.3 is 4.42 Å². The molecular formula is C16H24N2O2. The predicted octanol–water partition coefficient (Wildman–Crippen LogP) is 4.04. The molecule has 0 aliphatic rings. The number of hydrazone groups is 1. The first-order chi connectivity index (χ1) is 9.83. The molecule has 0 aliphatic carbocycles. The van der Waals surface area contributed by atoms with Crippen molar-refractivity contribution in [2.75, 3.05) is 0 Å².